The summed E-state index contributed by atoms with van der Waals surface area (Å²) in [6, 6.07) is 3.00. The maximum Gasteiger partial charge on any atom is 0.211 e. The van der Waals surface area contributed by atoms with E-state index in [9.17, 15) is 9.70 Å². The van der Waals surface area contributed by atoms with Crippen molar-refractivity contribution >= 4 is 29.4 Å². The number of carbonyl (C=O) groups is 1. The molecule has 0 spiro atoms. The number of nitrogens with zero attached hydrogens (tertiary/aromatic N) is 1. The highest BCUT2D eigenvalue weighted by Gasteiger charge is 2.05. The largest absolute Gasteiger partial charge is 0.327 e. The monoisotopic (exact) mass is 198 g/mol. The third-order valence-corrected chi connectivity index (χ3v) is 1.91. The summed E-state index contributed by atoms with van der Waals surface area (Å²) in [7, 11) is 0. The van der Waals surface area contributed by atoms with E-state index in [1.165, 1.54) is 6.07 Å². The molecule has 1 amide bonds. The second kappa shape index (κ2) is 4.00. The molecule has 0 heterocycles. The normalized spacial score (nSPS) is 9.38. The summed E-state index contributed by atoms with van der Waals surface area (Å²) in [4.78, 5) is 20.4. The van der Waals surface area contributed by atoms with Crippen molar-refractivity contribution in [3.63, 3.8) is 0 Å². The Labute approximate surface area is 79.9 Å². The first-order chi connectivity index (χ1) is 6.19. The standard InChI is InChI=1S/C8H7ClN2O2/c1-5-2-6(9)8(10-4-12)3-7(5)11-13/h2-4H,1H3,(H,10,12). The van der Waals surface area contributed by atoms with Crippen LogP contribution in [0.4, 0.5) is 11.4 Å². The van der Waals surface area contributed by atoms with Crippen LogP contribution in [0, 0.1) is 11.8 Å². The van der Waals surface area contributed by atoms with Gasteiger partial charge in [0.25, 0.3) is 0 Å². The molecule has 1 aromatic carbocycles. The third kappa shape index (κ3) is 2.03. The van der Waals surface area contributed by atoms with Crippen LogP contribution in [0.15, 0.2) is 17.3 Å². The van der Waals surface area contributed by atoms with Crippen LogP contribution in [-0.4, -0.2) is 6.41 Å². The minimum atomic E-state index is 0.272. The van der Waals surface area contributed by atoms with E-state index in [0.29, 0.717) is 22.7 Å². The van der Waals surface area contributed by atoms with E-state index in [0.717, 1.165) is 0 Å². The van der Waals surface area contributed by atoms with Gasteiger partial charge in [-0.3, -0.25) is 4.79 Å². The van der Waals surface area contributed by atoms with E-state index < -0.39 is 0 Å². The zero-order chi connectivity index (χ0) is 9.84. The van der Waals surface area contributed by atoms with Crippen molar-refractivity contribution in [3.8, 4) is 0 Å². The van der Waals surface area contributed by atoms with E-state index >= 15 is 0 Å². The molecule has 0 aromatic heterocycles. The summed E-state index contributed by atoms with van der Waals surface area (Å²) >= 11 is 5.77. The second-order valence-electron chi connectivity index (χ2n) is 2.47. The van der Waals surface area contributed by atoms with Crippen LogP contribution in [0.2, 0.25) is 5.02 Å². The number of benzene rings is 1. The molecule has 0 saturated heterocycles. The fourth-order valence-corrected chi connectivity index (χ4v) is 1.21. The molecule has 68 valence electrons. The highest BCUT2D eigenvalue weighted by molar-refractivity contribution is 6.33. The van der Waals surface area contributed by atoms with Crippen molar-refractivity contribution in [1.29, 1.82) is 0 Å². The maximum atomic E-state index is 10.3. The van der Waals surface area contributed by atoms with Gasteiger partial charge in [-0.1, -0.05) is 11.6 Å². The summed E-state index contributed by atoms with van der Waals surface area (Å²) in [5.74, 6) is 0. The zero-order valence-electron chi connectivity index (χ0n) is 6.87. The highest BCUT2D eigenvalue weighted by atomic mass is 35.5. The molecular weight excluding hydrogens is 192 g/mol. The molecule has 0 unspecified atom stereocenters. The molecule has 1 rings (SSSR count). The number of carbonyl (C=O) groups excluding carboxylic acids is 1. The van der Waals surface area contributed by atoms with Gasteiger partial charge in [0, 0.05) is 0 Å². The first-order valence-electron chi connectivity index (χ1n) is 3.52. The maximum absolute atomic E-state index is 10.3. The first-order valence-corrected chi connectivity index (χ1v) is 3.90. The predicted octanol–water partition coefficient (Wildman–Crippen LogP) is 2.61. The molecule has 13 heavy (non-hydrogen) atoms. The Hall–Kier alpha value is -1.42. The number of rotatable bonds is 3. The van der Waals surface area contributed by atoms with Crippen LogP contribution in [0.5, 0.6) is 0 Å². The van der Waals surface area contributed by atoms with Crippen molar-refractivity contribution in [1.82, 2.24) is 0 Å². The number of amides is 1. The van der Waals surface area contributed by atoms with Crippen LogP contribution in [-0.2, 0) is 4.79 Å². The van der Waals surface area contributed by atoms with Crippen LogP contribution < -0.4 is 5.32 Å². The number of halogens is 1. The average Bonchev–Trinajstić information content (AvgIpc) is 2.10. The van der Waals surface area contributed by atoms with Crippen LogP contribution >= 0.6 is 11.6 Å². The van der Waals surface area contributed by atoms with E-state index in [-0.39, 0.29) is 5.69 Å². The van der Waals surface area contributed by atoms with Crippen LogP contribution in [0.25, 0.3) is 0 Å². The highest BCUT2D eigenvalue weighted by Crippen LogP contribution is 2.30. The zero-order valence-corrected chi connectivity index (χ0v) is 7.63. The van der Waals surface area contributed by atoms with Crippen molar-refractivity contribution in [2.45, 2.75) is 6.92 Å². The number of anilines is 1. The fraction of sp³-hybridized carbons (Fsp3) is 0.125. The number of hydrogen-bond acceptors (Lipinski definition) is 3. The van der Waals surface area contributed by atoms with Crippen LogP contribution in [0.3, 0.4) is 0 Å². The van der Waals surface area contributed by atoms with Gasteiger partial charge < -0.3 is 5.32 Å². The van der Waals surface area contributed by atoms with Gasteiger partial charge in [0.1, 0.15) is 5.69 Å². The van der Waals surface area contributed by atoms with Crippen molar-refractivity contribution in [2.24, 2.45) is 5.18 Å². The Kier molecular flexibility index (Phi) is 2.97. The molecular formula is C8H7ClN2O2. The summed E-state index contributed by atoms with van der Waals surface area (Å²) in [5.41, 5.74) is 1.34. The minimum Gasteiger partial charge on any atom is -0.327 e. The molecule has 0 aliphatic rings. The van der Waals surface area contributed by atoms with Gasteiger partial charge in [0.2, 0.25) is 6.41 Å². The van der Waals surface area contributed by atoms with Crippen LogP contribution in [0.1, 0.15) is 5.56 Å². The lowest BCUT2D eigenvalue weighted by Gasteiger charge is -2.04. The summed E-state index contributed by atoms with van der Waals surface area (Å²) in [5, 5.41) is 5.54. The molecule has 0 saturated carbocycles. The summed E-state index contributed by atoms with van der Waals surface area (Å²) in [6.07, 6.45) is 0.491. The topological polar surface area (TPSA) is 58.5 Å². The van der Waals surface area contributed by atoms with Gasteiger partial charge in [-0.05, 0) is 29.8 Å². The molecule has 0 bridgehead atoms. The second-order valence-corrected chi connectivity index (χ2v) is 2.88. The Morgan fingerprint density at radius 2 is 2.23 bits per heavy atom. The van der Waals surface area contributed by atoms with E-state index in [1.807, 2.05) is 0 Å². The molecule has 4 nitrogen and oxygen atoms in total. The lowest BCUT2D eigenvalue weighted by molar-refractivity contribution is -0.105. The van der Waals surface area contributed by atoms with Crippen molar-refractivity contribution in [3.05, 3.63) is 27.6 Å². The number of nitroso groups, excluding NO2 is 1. The molecule has 0 fully saturated rings. The van der Waals surface area contributed by atoms with E-state index in [1.54, 1.807) is 13.0 Å². The molecule has 5 heteroatoms. The lowest BCUT2D eigenvalue weighted by Crippen LogP contribution is -1.94. The Balaban J connectivity index is 3.21. The molecule has 0 atom stereocenters. The third-order valence-electron chi connectivity index (χ3n) is 1.60. The number of hydrogen-bond donors (Lipinski definition) is 1. The molecule has 0 aliphatic carbocycles. The van der Waals surface area contributed by atoms with Gasteiger partial charge in [-0.25, -0.2) is 0 Å². The SMILES string of the molecule is Cc1cc(Cl)c(NC=O)cc1N=O. The van der Waals surface area contributed by atoms with Gasteiger partial charge in [0.05, 0.1) is 10.7 Å². The van der Waals surface area contributed by atoms with E-state index in [4.69, 9.17) is 11.6 Å². The van der Waals surface area contributed by atoms with Gasteiger partial charge in [0.15, 0.2) is 0 Å². The average molecular weight is 199 g/mol. The minimum absolute atomic E-state index is 0.272. The molecule has 1 N–H and O–H groups in total. The molecule has 0 aliphatic heterocycles. The van der Waals surface area contributed by atoms with Crippen molar-refractivity contribution < 1.29 is 4.79 Å². The van der Waals surface area contributed by atoms with Crippen molar-refractivity contribution in [2.75, 3.05) is 5.32 Å². The number of nitrogens with one attached hydrogen (secondary N) is 1. The summed E-state index contributed by atoms with van der Waals surface area (Å²) < 4.78 is 0. The van der Waals surface area contributed by atoms with Gasteiger partial charge in [-0.2, -0.15) is 0 Å². The Morgan fingerprint density at radius 3 is 2.77 bits per heavy atom. The predicted molar refractivity (Wildman–Crippen MR) is 51.3 cm³/mol. The smallest absolute Gasteiger partial charge is 0.211 e. The quantitative estimate of drug-likeness (QED) is 0.600. The van der Waals surface area contributed by atoms with Gasteiger partial charge in [-0.15, -0.1) is 4.91 Å². The molecule has 1 aromatic rings. The fourth-order valence-electron chi connectivity index (χ4n) is 0.934. The Morgan fingerprint density at radius 1 is 1.54 bits per heavy atom. The summed E-state index contributed by atoms with van der Waals surface area (Å²) in [6.45, 7) is 1.72. The first kappa shape index (κ1) is 9.67. The number of aryl methyl sites for hydroxylation is 1. The van der Waals surface area contributed by atoms with E-state index in [2.05, 4.69) is 10.5 Å². The lowest BCUT2D eigenvalue weighted by atomic mass is 10.2. The Bertz CT molecular complexity index is 352. The van der Waals surface area contributed by atoms with Gasteiger partial charge >= 0.3 is 0 Å². The molecule has 0 radical (unpaired) electrons.